The van der Waals surface area contributed by atoms with E-state index in [1.807, 2.05) is 13.2 Å². The molecule has 1 aromatic rings. The fourth-order valence-electron chi connectivity index (χ4n) is 2.23. The summed E-state index contributed by atoms with van der Waals surface area (Å²) in [5, 5.41) is 16.5. The fourth-order valence-corrected chi connectivity index (χ4v) is 2.23. The predicted molar refractivity (Wildman–Crippen MR) is 59.1 cm³/mol. The lowest BCUT2D eigenvalue weighted by Gasteiger charge is -2.22. The Hall–Kier alpha value is -1.36. The SMILES string of the molecule is Cn1cc(CCC2(C(=O)O)CCNC2)cn1. The van der Waals surface area contributed by atoms with Gasteiger partial charge in [-0.15, -0.1) is 0 Å². The molecule has 2 heterocycles. The van der Waals surface area contributed by atoms with Crippen molar-refractivity contribution in [1.82, 2.24) is 15.1 Å². The lowest BCUT2D eigenvalue weighted by atomic mass is 9.82. The maximum atomic E-state index is 11.3. The lowest BCUT2D eigenvalue weighted by molar-refractivity contribution is -0.148. The quantitative estimate of drug-likeness (QED) is 0.776. The maximum Gasteiger partial charge on any atom is 0.310 e. The van der Waals surface area contributed by atoms with Gasteiger partial charge in [0, 0.05) is 19.8 Å². The number of nitrogens with zero attached hydrogens (tertiary/aromatic N) is 2. The zero-order valence-electron chi connectivity index (χ0n) is 9.44. The van der Waals surface area contributed by atoms with Crippen LogP contribution in [0.3, 0.4) is 0 Å². The highest BCUT2D eigenvalue weighted by Gasteiger charge is 2.40. The van der Waals surface area contributed by atoms with Crippen molar-refractivity contribution in [3.63, 3.8) is 0 Å². The Morgan fingerprint density at radius 1 is 1.75 bits per heavy atom. The average molecular weight is 223 g/mol. The minimum Gasteiger partial charge on any atom is -0.481 e. The highest BCUT2D eigenvalue weighted by molar-refractivity contribution is 5.75. The van der Waals surface area contributed by atoms with Crippen LogP contribution in [0.25, 0.3) is 0 Å². The van der Waals surface area contributed by atoms with Crippen LogP contribution in [-0.4, -0.2) is 33.9 Å². The van der Waals surface area contributed by atoms with E-state index in [2.05, 4.69) is 10.4 Å². The zero-order valence-corrected chi connectivity index (χ0v) is 9.44. The van der Waals surface area contributed by atoms with Crippen LogP contribution < -0.4 is 5.32 Å². The third-order valence-corrected chi connectivity index (χ3v) is 3.35. The van der Waals surface area contributed by atoms with Crippen molar-refractivity contribution in [2.45, 2.75) is 19.3 Å². The third kappa shape index (κ3) is 2.09. The van der Waals surface area contributed by atoms with Crippen LogP contribution in [0.2, 0.25) is 0 Å². The van der Waals surface area contributed by atoms with E-state index >= 15 is 0 Å². The molecule has 0 aliphatic carbocycles. The summed E-state index contributed by atoms with van der Waals surface area (Å²) < 4.78 is 1.75. The summed E-state index contributed by atoms with van der Waals surface area (Å²) in [7, 11) is 1.87. The molecule has 2 N–H and O–H groups in total. The second-order valence-electron chi connectivity index (χ2n) is 4.53. The van der Waals surface area contributed by atoms with E-state index in [0.29, 0.717) is 13.0 Å². The van der Waals surface area contributed by atoms with Gasteiger partial charge in [0.25, 0.3) is 0 Å². The molecule has 0 aromatic carbocycles. The van der Waals surface area contributed by atoms with Gasteiger partial charge in [0.15, 0.2) is 0 Å². The highest BCUT2D eigenvalue weighted by Crippen LogP contribution is 2.31. The first-order valence-corrected chi connectivity index (χ1v) is 5.54. The first kappa shape index (κ1) is 11.1. The van der Waals surface area contributed by atoms with Crippen molar-refractivity contribution in [1.29, 1.82) is 0 Å². The van der Waals surface area contributed by atoms with Gasteiger partial charge in [-0.25, -0.2) is 0 Å². The summed E-state index contributed by atoms with van der Waals surface area (Å²) in [6.45, 7) is 1.39. The van der Waals surface area contributed by atoms with E-state index in [0.717, 1.165) is 24.9 Å². The van der Waals surface area contributed by atoms with Crippen LogP contribution in [0.15, 0.2) is 12.4 Å². The number of carboxylic acids is 1. The van der Waals surface area contributed by atoms with Gasteiger partial charge in [-0.05, 0) is 31.4 Å². The molecule has 0 radical (unpaired) electrons. The van der Waals surface area contributed by atoms with Crippen molar-refractivity contribution in [3.05, 3.63) is 18.0 Å². The topological polar surface area (TPSA) is 67.2 Å². The Kier molecular flexibility index (Phi) is 2.96. The molecule has 1 unspecified atom stereocenters. The van der Waals surface area contributed by atoms with Crippen LogP contribution in [-0.2, 0) is 18.3 Å². The molecule has 0 saturated carbocycles. The van der Waals surface area contributed by atoms with E-state index in [4.69, 9.17) is 0 Å². The summed E-state index contributed by atoms with van der Waals surface area (Å²) in [6, 6.07) is 0. The number of hydrogen-bond donors (Lipinski definition) is 2. The van der Waals surface area contributed by atoms with Crippen LogP contribution in [0.5, 0.6) is 0 Å². The van der Waals surface area contributed by atoms with E-state index in [1.165, 1.54) is 0 Å². The van der Waals surface area contributed by atoms with Crippen molar-refractivity contribution in [2.24, 2.45) is 12.5 Å². The average Bonchev–Trinajstić information content (AvgIpc) is 2.84. The van der Waals surface area contributed by atoms with Gasteiger partial charge in [-0.3, -0.25) is 9.48 Å². The van der Waals surface area contributed by atoms with Gasteiger partial charge < -0.3 is 10.4 Å². The molecule has 5 heteroatoms. The number of hydrogen-bond acceptors (Lipinski definition) is 3. The summed E-state index contributed by atoms with van der Waals surface area (Å²) in [4.78, 5) is 11.3. The highest BCUT2D eigenvalue weighted by atomic mass is 16.4. The fraction of sp³-hybridized carbons (Fsp3) is 0.636. The number of aliphatic carboxylic acids is 1. The van der Waals surface area contributed by atoms with Gasteiger partial charge in [0.2, 0.25) is 0 Å². The Balaban J connectivity index is 1.99. The Morgan fingerprint density at radius 3 is 3.06 bits per heavy atom. The van der Waals surface area contributed by atoms with Crippen molar-refractivity contribution in [2.75, 3.05) is 13.1 Å². The molecule has 0 bridgehead atoms. The monoisotopic (exact) mass is 223 g/mol. The summed E-state index contributed by atoms with van der Waals surface area (Å²) in [5.41, 5.74) is 0.533. The van der Waals surface area contributed by atoms with Crippen molar-refractivity contribution >= 4 is 5.97 Å². The van der Waals surface area contributed by atoms with Gasteiger partial charge in [-0.2, -0.15) is 5.10 Å². The molecule has 1 aliphatic heterocycles. The van der Waals surface area contributed by atoms with Gasteiger partial charge in [0.05, 0.1) is 11.6 Å². The molecular formula is C11H17N3O2. The minimum absolute atomic E-state index is 0.574. The number of nitrogens with one attached hydrogen (secondary N) is 1. The molecule has 1 aliphatic rings. The Labute approximate surface area is 94.5 Å². The molecule has 5 nitrogen and oxygen atoms in total. The molecule has 2 rings (SSSR count). The predicted octanol–water partition coefficient (Wildman–Crippen LogP) is 0.417. The van der Waals surface area contributed by atoms with Crippen LogP contribution in [0, 0.1) is 5.41 Å². The minimum atomic E-state index is -0.679. The first-order chi connectivity index (χ1) is 7.62. The second-order valence-corrected chi connectivity index (χ2v) is 4.53. The van der Waals surface area contributed by atoms with Crippen LogP contribution >= 0.6 is 0 Å². The van der Waals surface area contributed by atoms with E-state index < -0.39 is 11.4 Å². The zero-order chi connectivity index (χ0) is 11.6. The Bertz CT molecular complexity index is 380. The third-order valence-electron chi connectivity index (χ3n) is 3.35. The number of aryl methyl sites for hydroxylation is 2. The molecule has 0 spiro atoms. The molecular weight excluding hydrogens is 206 g/mol. The number of rotatable bonds is 4. The van der Waals surface area contributed by atoms with Gasteiger partial charge in [0.1, 0.15) is 0 Å². The van der Waals surface area contributed by atoms with E-state index in [9.17, 15) is 9.90 Å². The smallest absolute Gasteiger partial charge is 0.310 e. The number of carboxylic acid groups (broad SMARTS) is 1. The van der Waals surface area contributed by atoms with Gasteiger partial charge in [-0.1, -0.05) is 0 Å². The molecule has 1 aromatic heterocycles. The van der Waals surface area contributed by atoms with E-state index in [1.54, 1.807) is 10.9 Å². The van der Waals surface area contributed by atoms with Crippen molar-refractivity contribution in [3.8, 4) is 0 Å². The largest absolute Gasteiger partial charge is 0.481 e. The first-order valence-electron chi connectivity index (χ1n) is 5.54. The van der Waals surface area contributed by atoms with Crippen LogP contribution in [0.1, 0.15) is 18.4 Å². The summed E-state index contributed by atoms with van der Waals surface area (Å²) >= 11 is 0. The summed E-state index contributed by atoms with van der Waals surface area (Å²) in [5.74, 6) is -0.679. The molecule has 88 valence electrons. The standard InChI is InChI=1S/C11H17N3O2/c1-14-7-9(6-13-14)2-3-11(10(15)16)4-5-12-8-11/h6-7,12H,2-5,8H2,1H3,(H,15,16). The number of carbonyl (C=O) groups is 1. The molecule has 1 saturated heterocycles. The van der Waals surface area contributed by atoms with E-state index in [-0.39, 0.29) is 0 Å². The molecule has 1 fully saturated rings. The van der Waals surface area contributed by atoms with Gasteiger partial charge >= 0.3 is 5.97 Å². The number of aromatic nitrogens is 2. The van der Waals surface area contributed by atoms with Crippen LogP contribution in [0.4, 0.5) is 0 Å². The second kappa shape index (κ2) is 4.25. The molecule has 0 amide bonds. The van der Waals surface area contributed by atoms with Crippen molar-refractivity contribution < 1.29 is 9.90 Å². The Morgan fingerprint density at radius 2 is 2.56 bits per heavy atom. The summed E-state index contributed by atoms with van der Waals surface area (Å²) in [6.07, 6.45) is 5.93. The molecule has 1 atom stereocenters. The normalized spacial score (nSPS) is 24.8. The maximum absolute atomic E-state index is 11.3. The molecule has 16 heavy (non-hydrogen) atoms. The lowest BCUT2D eigenvalue weighted by Crippen LogP contribution is -2.33.